The van der Waals surface area contributed by atoms with E-state index >= 15 is 0 Å². The van der Waals surface area contributed by atoms with Crippen LogP contribution in [-0.4, -0.2) is 28.5 Å². The minimum absolute atomic E-state index is 0.448. The number of anilines is 1. The van der Waals surface area contributed by atoms with Crippen LogP contribution in [0.15, 0.2) is 60.7 Å². The molecule has 1 aliphatic rings. The Balaban J connectivity index is 2.04. The number of carboxylic acid groups (broad SMARTS) is 1. The van der Waals surface area contributed by atoms with Crippen molar-refractivity contribution in [3.63, 3.8) is 0 Å². The summed E-state index contributed by atoms with van der Waals surface area (Å²) in [6, 6.07) is 18.5. The molecule has 4 nitrogen and oxygen atoms in total. The first-order chi connectivity index (χ1) is 10.1. The lowest BCUT2D eigenvalue weighted by Crippen LogP contribution is -2.54. The zero-order chi connectivity index (χ0) is 14.9. The molecule has 4 heteroatoms. The van der Waals surface area contributed by atoms with Crippen LogP contribution in [0.2, 0.25) is 0 Å². The van der Waals surface area contributed by atoms with E-state index in [0.29, 0.717) is 13.0 Å². The molecule has 0 amide bonds. The summed E-state index contributed by atoms with van der Waals surface area (Å²) in [6.45, 7) is 0.506. The van der Waals surface area contributed by atoms with Crippen molar-refractivity contribution in [2.24, 2.45) is 0 Å². The van der Waals surface area contributed by atoms with E-state index in [0.717, 1.165) is 11.3 Å². The third kappa shape index (κ3) is 2.17. The van der Waals surface area contributed by atoms with E-state index < -0.39 is 17.6 Å². The van der Waals surface area contributed by atoms with E-state index in [2.05, 4.69) is 0 Å². The number of hydrogen-bond acceptors (Lipinski definition) is 3. The van der Waals surface area contributed by atoms with Crippen LogP contribution in [0.3, 0.4) is 0 Å². The van der Waals surface area contributed by atoms with Crippen molar-refractivity contribution in [3.05, 3.63) is 66.2 Å². The summed E-state index contributed by atoms with van der Waals surface area (Å²) in [5.74, 6) is -1.66. The first-order valence-electron chi connectivity index (χ1n) is 6.97. The summed E-state index contributed by atoms with van der Waals surface area (Å²) < 4.78 is 0. The van der Waals surface area contributed by atoms with Crippen LogP contribution in [-0.2, 0) is 4.79 Å². The number of aliphatic hydroxyl groups is 1. The highest BCUT2D eigenvalue weighted by atomic mass is 16.4. The van der Waals surface area contributed by atoms with E-state index in [1.807, 2.05) is 60.7 Å². The Hall–Kier alpha value is -2.33. The SMILES string of the molecule is O=C(O)C1(O)C(c2ccccc2)CCN1c1ccccc1. The van der Waals surface area contributed by atoms with Gasteiger partial charge in [-0.15, -0.1) is 0 Å². The predicted octanol–water partition coefficient (Wildman–Crippen LogP) is 2.45. The lowest BCUT2D eigenvalue weighted by Gasteiger charge is -2.35. The lowest BCUT2D eigenvalue weighted by molar-refractivity contribution is -0.158. The molecule has 1 fully saturated rings. The Kier molecular flexibility index (Phi) is 3.39. The molecule has 1 saturated heterocycles. The Labute approximate surface area is 123 Å². The van der Waals surface area contributed by atoms with Gasteiger partial charge in [-0.2, -0.15) is 0 Å². The maximum atomic E-state index is 11.8. The molecule has 0 spiro atoms. The van der Waals surface area contributed by atoms with Crippen LogP contribution in [0, 0.1) is 0 Å². The van der Waals surface area contributed by atoms with Crippen molar-refractivity contribution in [1.82, 2.24) is 0 Å². The highest BCUT2D eigenvalue weighted by molar-refractivity contribution is 5.84. The molecule has 1 heterocycles. The molecule has 1 aliphatic heterocycles. The maximum Gasteiger partial charge on any atom is 0.358 e. The number of hydrogen-bond donors (Lipinski definition) is 2. The Bertz CT molecular complexity index is 579. The van der Waals surface area contributed by atoms with Crippen LogP contribution < -0.4 is 4.90 Å². The Morgan fingerprint density at radius 1 is 1.05 bits per heavy atom. The number of benzene rings is 2. The lowest BCUT2D eigenvalue weighted by atomic mass is 9.88. The minimum Gasteiger partial charge on any atom is -0.478 e. The van der Waals surface area contributed by atoms with Gasteiger partial charge in [0, 0.05) is 18.2 Å². The number of carboxylic acids is 1. The van der Waals surface area contributed by atoms with Gasteiger partial charge in [0.25, 0.3) is 0 Å². The van der Waals surface area contributed by atoms with Gasteiger partial charge in [-0.05, 0) is 24.1 Å². The van der Waals surface area contributed by atoms with E-state index in [1.54, 1.807) is 4.90 Å². The third-order valence-corrected chi connectivity index (χ3v) is 4.12. The van der Waals surface area contributed by atoms with Crippen molar-refractivity contribution >= 4 is 11.7 Å². The highest BCUT2D eigenvalue weighted by Gasteiger charge is 2.54. The van der Waals surface area contributed by atoms with Gasteiger partial charge in [-0.1, -0.05) is 48.5 Å². The molecule has 2 aromatic carbocycles. The molecule has 108 valence electrons. The molecule has 0 saturated carbocycles. The molecule has 2 unspecified atom stereocenters. The van der Waals surface area contributed by atoms with Gasteiger partial charge < -0.3 is 15.1 Å². The van der Waals surface area contributed by atoms with Gasteiger partial charge in [0.05, 0.1) is 0 Å². The second-order valence-corrected chi connectivity index (χ2v) is 5.27. The molecular formula is C17H17NO3. The number of nitrogens with zero attached hydrogens (tertiary/aromatic N) is 1. The fourth-order valence-corrected chi connectivity index (χ4v) is 3.10. The number of para-hydroxylation sites is 1. The third-order valence-electron chi connectivity index (χ3n) is 4.12. The normalized spacial score (nSPS) is 25.0. The van der Waals surface area contributed by atoms with Crippen LogP contribution in [0.4, 0.5) is 5.69 Å². The Morgan fingerprint density at radius 3 is 2.19 bits per heavy atom. The van der Waals surface area contributed by atoms with E-state index in [9.17, 15) is 15.0 Å². The van der Waals surface area contributed by atoms with Gasteiger partial charge >= 0.3 is 5.97 Å². The van der Waals surface area contributed by atoms with E-state index in [-0.39, 0.29) is 0 Å². The predicted molar refractivity (Wildman–Crippen MR) is 80.2 cm³/mol. The second-order valence-electron chi connectivity index (χ2n) is 5.27. The summed E-state index contributed by atoms with van der Waals surface area (Å²) in [5.41, 5.74) is -0.343. The summed E-state index contributed by atoms with van der Waals surface area (Å²) in [7, 11) is 0. The van der Waals surface area contributed by atoms with Crippen molar-refractivity contribution in [2.45, 2.75) is 18.1 Å². The first kappa shape index (κ1) is 13.6. The number of rotatable bonds is 3. The van der Waals surface area contributed by atoms with E-state index in [4.69, 9.17) is 0 Å². The summed E-state index contributed by atoms with van der Waals surface area (Å²) in [6.07, 6.45) is 0.599. The highest BCUT2D eigenvalue weighted by Crippen LogP contribution is 2.43. The van der Waals surface area contributed by atoms with Crippen LogP contribution in [0.1, 0.15) is 17.9 Å². The summed E-state index contributed by atoms with van der Waals surface area (Å²) >= 11 is 0. The van der Waals surface area contributed by atoms with Crippen LogP contribution in [0.5, 0.6) is 0 Å². The van der Waals surface area contributed by atoms with Gasteiger partial charge in [-0.3, -0.25) is 0 Å². The topological polar surface area (TPSA) is 60.8 Å². The van der Waals surface area contributed by atoms with Gasteiger partial charge in [0.15, 0.2) is 0 Å². The first-order valence-corrected chi connectivity index (χ1v) is 6.97. The van der Waals surface area contributed by atoms with E-state index in [1.165, 1.54) is 0 Å². The molecule has 2 aromatic rings. The zero-order valence-corrected chi connectivity index (χ0v) is 11.5. The smallest absolute Gasteiger partial charge is 0.358 e. The van der Waals surface area contributed by atoms with Crippen molar-refractivity contribution < 1.29 is 15.0 Å². The molecule has 21 heavy (non-hydrogen) atoms. The quantitative estimate of drug-likeness (QED) is 0.908. The largest absolute Gasteiger partial charge is 0.478 e. The number of aliphatic carboxylic acids is 1. The molecule has 0 radical (unpaired) electrons. The maximum absolute atomic E-state index is 11.8. The van der Waals surface area contributed by atoms with Gasteiger partial charge in [0.1, 0.15) is 0 Å². The number of carbonyl (C=O) groups is 1. The molecule has 0 bridgehead atoms. The molecule has 3 rings (SSSR count). The minimum atomic E-state index is -1.91. The van der Waals surface area contributed by atoms with Crippen LogP contribution >= 0.6 is 0 Å². The fraction of sp³-hybridized carbons (Fsp3) is 0.235. The summed E-state index contributed by atoms with van der Waals surface area (Å²) in [4.78, 5) is 13.4. The zero-order valence-electron chi connectivity index (χ0n) is 11.5. The molecule has 0 aliphatic carbocycles. The molecule has 0 aromatic heterocycles. The second kappa shape index (κ2) is 5.22. The van der Waals surface area contributed by atoms with Gasteiger partial charge in [-0.25, -0.2) is 4.79 Å². The molecule has 2 N–H and O–H groups in total. The molecule has 2 atom stereocenters. The average molecular weight is 283 g/mol. The van der Waals surface area contributed by atoms with Crippen molar-refractivity contribution in [3.8, 4) is 0 Å². The van der Waals surface area contributed by atoms with Crippen molar-refractivity contribution in [2.75, 3.05) is 11.4 Å². The average Bonchev–Trinajstić information content (AvgIpc) is 2.88. The standard InChI is InChI=1S/C17H17NO3/c19-16(20)17(21)15(13-7-3-1-4-8-13)11-12-18(17)14-9-5-2-6-10-14/h1-10,15,21H,11-12H2,(H,19,20). The molecular weight excluding hydrogens is 266 g/mol. The van der Waals surface area contributed by atoms with Crippen LogP contribution in [0.25, 0.3) is 0 Å². The fourth-order valence-electron chi connectivity index (χ4n) is 3.10. The summed E-state index contributed by atoms with van der Waals surface area (Å²) in [5, 5.41) is 20.6. The van der Waals surface area contributed by atoms with Crippen molar-refractivity contribution in [1.29, 1.82) is 0 Å². The Morgan fingerprint density at radius 2 is 1.62 bits per heavy atom. The monoisotopic (exact) mass is 283 g/mol. The van der Waals surface area contributed by atoms with Gasteiger partial charge in [0.2, 0.25) is 5.72 Å².